The predicted octanol–water partition coefficient (Wildman–Crippen LogP) is 1.29. The van der Waals surface area contributed by atoms with Crippen molar-refractivity contribution in [2.45, 2.75) is 25.8 Å². The highest BCUT2D eigenvalue weighted by Crippen LogP contribution is 2.01. The third-order valence-corrected chi connectivity index (χ3v) is 1.55. The van der Waals surface area contributed by atoms with Gasteiger partial charge in [0.05, 0.1) is 0 Å². The number of aryl methyl sites for hydroxylation is 1. The van der Waals surface area contributed by atoms with E-state index in [2.05, 4.69) is 11.1 Å². The first-order valence-corrected chi connectivity index (χ1v) is 3.66. The van der Waals surface area contributed by atoms with Gasteiger partial charge in [-0.15, -0.1) is 0 Å². The van der Waals surface area contributed by atoms with Crippen LogP contribution in [-0.2, 0) is 6.42 Å². The quantitative estimate of drug-likeness (QED) is 0.649. The van der Waals surface area contributed by atoms with Crippen LogP contribution in [0.4, 0.5) is 0 Å². The molecule has 1 aromatic heterocycles. The van der Waals surface area contributed by atoms with Gasteiger partial charge in [0.15, 0.2) is 0 Å². The van der Waals surface area contributed by atoms with Crippen molar-refractivity contribution >= 4 is 0 Å². The molecule has 3 N–H and O–H groups in total. The minimum atomic E-state index is 0.315. The van der Waals surface area contributed by atoms with Crippen LogP contribution in [-0.4, -0.2) is 11.0 Å². The first kappa shape index (κ1) is 7.35. The Morgan fingerprint density at radius 2 is 2.50 bits per heavy atom. The lowest BCUT2D eigenvalue weighted by Gasteiger charge is -2.01. The number of aromatic nitrogens is 1. The molecule has 0 aromatic carbocycles. The molecule has 1 aromatic rings. The van der Waals surface area contributed by atoms with Gasteiger partial charge in [0.1, 0.15) is 0 Å². The van der Waals surface area contributed by atoms with Gasteiger partial charge in [0.25, 0.3) is 0 Å². The van der Waals surface area contributed by atoms with Crippen molar-refractivity contribution in [1.29, 1.82) is 0 Å². The number of hydrogen-bond donors (Lipinski definition) is 2. The molecule has 0 aliphatic rings. The van der Waals surface area contributed by atoms with E-state index in [-0.39, 0.29) is 0 Å². The average molecular weight is 138 g/mol. The molecule has 1 rings (SSSR count). The van der Waals surface area contributed by atoms with E-state index in [9.17, 15) is 0 Å². The van der Waals surface area contributed by atoms with Crippen molar-refractivity contribution in [3.05, 3.63) is 24.0 Å². The normalized spacial score (nSPS) is 13.4. The number of nitrogens with two attached hydrogens (primary N) is 1. The smallest absolute Gasteiger partial charge is 0.00373 e. The van der Waals surface area contributed by atoms with Crippen LogP contribution in [0.15, 0.2) is 18.5 Å². The zero-order valence-corrected chi connectivity index (χ0v) is 6.30. The van der Waals surface area contributed by atoms with E-state index < -0.39 is 0 Å². The Morgan fingerprint density at radius 1 is 1.70 bits per heavy atom. The SMILES string of the molecule is C[C@@H](N)CCc1cc[nH]c1. The van der Waals surface area contributed by atoms with Crippen LogP contribution in [0.1, 0.15) is 18.9 Å². The maximum atomic E-state index is 5.60. The number of rotatable bonds is 3. The molecular weight excluding hydrogens is 124 g/mol. The summed E-state index contributed by atoms with van der Waals surface area (Å²) in [5, 5.41) is 0. The van der Waals surface area contributed by atoms with Crippen LogP contribution in [0.25, 0.3) is 0 Å². The average Bonchev–Trinajstić information content (AvgIpc) is 2.34. The number of H-pyrrole nitrogens is 1. The second kappa shape index (κ2) is 3.42. The summed E-state index contributed by atoms with van der Waals surface area (Å²) in [6, 6.07) is 2.40. The highest BCUT2D eigenvalue weighted by molar-refractivity contribution is 5.08. The molecule has 0 saturated heterocycles. The van der Waals surface area contributed by atoms with E-state index >= 15 is 0 Å². The Balaban J connectivity index is 2.28. The van der Waals surface area contributed by atoms with Gasteiger partial charge in [-0.3, -0.25) is 0 Å². The largest absolute Gasteiger partial charge is 0.367 e. The van der Waals surface area contributed by atoms with Gasteiger partial charge in [-0.1, -0.05) is 0 Å². The van der Waals surface area contributed by atoms with Crippen LogP contribution in [0, 0.1) is 0 Å². The zero-order valence-electron chi connectivity index (χ0n) is 6.30. The predicted molar refractivity (Wildman–Crippen MR) is 42.8 cm³/mol. The molecule has 56 valence electrons. The van der Waals surface area contributed by atoms with Crippen molar-refractivity contribution in [3.8, 4) is 0 Å². The minimum Gasteiger partial charge on any atom is -0.367 e. The van der Waals surface area contributed by atoms with Crippen molar-refractivity contribution in [3.63, 3.8) is 0 Å². The molecule has 0 amide bonds. The Hall–Kier alpha value is -0.760. The van der Waals surface area contributed by atoms with Crippen LogP contribution >= 0.6 is 0 Å². The number of hydrogen-bond acceptors (Lipinski definition) is 1. The third kappa shape index (κ3) is 2.23. The third-order valence-electron chi connectivity index (χ3n) is 1.55. The summed E-state index contributed by atoms with van der Waals surface area (Å²) in [6.45, 7) is 2.03. The summed E-state index contributed by atoms with van der Waals surface area (Å²) in [6.07, 6.45) is 6.11. The summed E-state index contributed by atoms with van der Waals surface area (Å²) >= 11 is 0. The summed E-state index contributed by atoms with van der Waals surface area (Å²) in [4.78, 5) is 3.01. The van der Waals surface area contributed by atoms with Gasteiger partial charge < -0.3 is 10.7 Å². The molecule has 0 radical (unpaired) electrons. The topological polar surface area (TPSA) is 41.8 Å². The maximum absolute atomic E-state index is 5.60. The lowest BCUT2D eigenvalue weighted by molar-refractivity contribution is 0.666. The fourth-order valence-electron chi connectivity index (χ4n) is 0.908. The van der Waals surface area contributed by atoms with E-state index in [1.807, 2.05) is 19.3 Å². The molecule has 0 aliphatic heterocycles. The maximum Gasteiger partial charge on any atom is 0.00373 e. The summed E-state index contributed by atoms with van der Waals surface area (Å²) in [7, 11) is 0. The van der Waals surface area contributed by atoms with E-state index in [1.54, 1.807) is 0 Å². The van der Waals surface area contributed by atoms with Crippen molar-refractivity contribution in [2.75, 3.05) is 0 Å². The lowest BCUT2D eigenvalue weighted by atomic mass is 10.1. The summed E-state index contributed by atoms with van der Waals surface area (Å²) in [5.41, 5.74) is 6.94. The molecule has 0 unspecified atom stereocenters. The van der Waals surface area contributed by atoms with Gasteiger partial charge in [-0.05, 0) is 31.4 Å². The van der Waals surface area contributed by atoms with Crippen molar-refractivity contribution < 1.29 is 0 Å². The lowest BCUT2D eigenvalue weighted by Crippen LogP contribution is -2.15. The van der Waals surface area contributed by atoms with Gasteiger partial charge in [0.2, 0.25) is 0 Å². The summed E-state index contributed by atoms with van der Waals surface area (Å²) in [5.74, 6) is 0. The summed E-state index contributed by atoms with van der Waals surface area (Å²) < 4.78 is 0. The molecule has 0 saturated carbocycles. The second-order valence-electron chi connectivity index (χ2n) is 2.74. The molecule has 1 heterocycles. The first-order chi connectivity index (χ1) is 4.79. The molecule has 0 bridgehead atoms. The highest BCUT2D eigenvalue weighted by atomic mass is 14.6. The van der Waals surface area contributed by atoms with Gasteiger partial charge in [-0.25, -0.2) is 0 Å². The first-order valence-electron chi connectivity index (χ1n) is 3.66. The molecule has 2 heteroatoms. The highest BCUT2D eigenvalue weighted by Gasteiger charge is 1.95. The van der Waals surface area contributed by atoms with E-state index in [4.69, 9.17) is 5.73 Å². The Kier molecular flexibility index (Phi) is 2.51. The fourth-order valence-corrected chi connectivity index (χ4v) is 0.908. The van der Waals surface area contributed by atoms with Crippen LogP contribution in [0.5, 0.6) is 0 Å². The number of nitrogens with one attached hydrogen (secondary N) is 1. The number of aromatic amines is 1. The van der Waals surface area contributed by atoms with Crippen molar-refractivity contribution in [1.82, 2.24) is 4.98 Å². The van der Waals surface area contributed by atoms with E-state index in [0.29, 0.717) is 6.04 Å². The van der Waals surface area contributed by atoms with Gasteiger partial charge in [0, 0.05) is 18.4 Å². The van der Waals surface area contributed by atoms with Crippen LogP contribution < -0.4 is 5.73 Å². The molecule has 0 aliphatic carbocycles. The molecule has 10 heavy (non-hydrogen) atoms. The molecule has 1 atom stereocenters. The minimum absolute atomic E-state index is 0.315. The van der Waals surface area contributed by atoms with Gasteiger partial charge >= 0.3 is 0 Å². The van der Waals surface area contributed by atoms with Crippen LogP contribution in [0.3, 0.4) is 0 Å². The van der Waals surface area contributed by atoms with E-state index in [0.717, 1.165) is 12.8 Å². The monoisotopic (exact) mass is 138 g/mol. The van der Waals surface area contributed by atoms with Crippen LogP contribution in [0.2, 0.25) is 0 Å². The zero-order chi connectivity index (χ0) is 7.40. The Bertz CT molecular complexity index is 165. The Labute approximate surface area is 61.4 Å². The Morgan fingerprint density at radius 3 is 3.00 bits per heavy atom. The standard InChI is InChI=1S/C8H14N2/c1-7(9)2-3-8-4-5-10-6-8/h4-7,10H,2-3,9H2,1H3/t7-/m1/s1. The molecular formula is C8H14N2. The molecule has 0 spiro atoms. The van der Waals surface area contributed by atoms with E-state index in [1.165, 1.54) is 5.56 Å². The second-order valence-corrected chi connectivity index (χ2v) is 2.74. The molecule has 0 fully saturated rings. The molecule has 2 nitrogen and oxygen atoms in total. The fraction of sp³-hybridized carbons (Fsp3) is 0.500. The van der Waals surface area contributed by atoms with Crippen molar-refractivity contribution in [2.24, 2.45) is 5.73 Å². The van der Waals surface area contributed by atoms with Gasteiger partial charge in [-0.2, -0.15) is 0 Å².